The van der Waals surface area contributed by atoms with E-state index in [4.69, 9.17) is 11.5 Å². The van der Waals surface area contributed by atoms with Crippen molar-refractivity contribution in [3.8, 4) is 5.69 Å². The maximum atomic E-state index is 14.0. The lowest BCUT2D eigenvalue weighted by Gasteiger charge is -2.14. The third kappa shape index (κ3) is 2.85. The van der Waals surface area contributed by atoms with Crippen molar-refractivity contribution < 1.29 is 9.18 Å². The molecule has 0 aliphatic carbocycles. The number of benzene rings is 1. The normalized spacial score (nSPS) is 12.3. The van der Waals surface area contributed by atoms with Crippen LogP contribution in [-0.2, 0) is 6.42 Å². The number of hydrogen-bond acceptors (Lipinski definition) is 3. The summed E-state index contributed by atoms with van der Waals surface area (Å²) in [5.41, 5.74) is 12.4. The summed E-state index contributed by atoms with van der Waals surface area (Å²) in [6, 6.07) is 4.59. The van der Waals surface area contributed by atoms with Crippen molar-refractivity contribution in [1.82, 2.24) is 9.78 Å². The molecule has 1 aromatic carbocycles. The average molecular weight is 276 g/mol. The second kappa shape index (κ2) is 5.83. The first-order chi connectivity index (χ1) is 9.52. The van der Waals surface area contributed by atoms with E-state index in [9.17, 15) is 9.18 Å². The van der Waals surface area contributed by atoms with Crippen LogP contribution in [0.15, 0.2) is 30.6 Å². The molecule has 1 atom stereocenters. The van der Waals surface area contributed by atoms with Crippen LogP contribution in [0.5, 0.6) is 0 Å². The zero-order chi connectivity index (χ0) is 14.7. The molecule has 2 rings (SSSR count). The number of carbonyl (C=O) groups is 1. The Labute approximate surface area is 116 Å². The van der Waals surface area contributed by atoms with Crippen molar-refractivity contribution >= 4 is 5.91 Å². The first kappa shape index (κ1) is 14.2. The standard InChI is InChI=1S/C14H17FN4O/c1-2-10(16)6-11-12(15)4-3-5-13(11)19-8-9(7-18-19)14(17)20/h3-5,7-8,10H,2,6,16H2,1H3,(H2,17,20). The minimum absolute atomic E-state index is 0.128. The Bertz CT molecular complexity index is 623. The Hall–Kier alpha value is -2.21. The van der Waals surface area contributed by atoms with E-state index < -0.39 is 5.91 Å². The van der Waals surface area contributed by atoms with Crippen LogP contribution in [0.25, 0.3) is 5.69 Å². The number of carbonyl (C=O) groups excluding carboxylic acids is 1. The van der Waals surface area contributed by atoms with Crippen LogP contribution in [0.3, 0.4) is 0 Å². The molecule has 0 saturated carbocycles. The summed E-state index contributed by atoms with van der Waals surface area (Å²) in [5, 5.41) is 4.05. The van der Waals surface area contributed by atoms with Crippen molar-refractivity contribution in [2.75, 3.05) is 0 Å². The molecular formula is C14H17FN4O. The van der Waals surface area contributed by atoms with Crippen molar-refractivity contribution in [3.05, 3.63) is 47.5 Å². The SMILES string of the molecule is CCC(N)Cc1c(F)cccc1-n1cc(C(N)=O)cn1. The Morgan fingerprint density at radius 2 is 2.25 bits per heavy atom. The van der Waals surface area contributed by atoms with Gasteiger partial charge in [0.05, 0.1) is 17.4 Å². The van der Waals surface area contributed by atoms with Gasteiger partial charge in [0.1, 0.15) is 5.82 Å². The van der Waals surface area contributed by atoms with Gasteiger partial charge >= 0.3 is 0 Å². The third-order valence-electron chi connectivity index (χ3n) is 3.20. The van der Waals surface area contributed by atoms with Gasteiger partial charge < -0.3 is 11.5 Å². The van der Waals surface area contributed by atoms with Crippen LogP contribution in [-0.4, -0.2) is 21.7 Å². The number of halogens is 1. The highest BCUT2D eigenvalue weighted by Gasteiger charge is 2.14. The lowest BCUT2D eigenvalue weighted by atomic mass is 10.0. The largest absolute Gasteiger partial charge is 0.366 e. The van der Waals surface area contributed by atoms with Gasteiger partial charge in [0.2, 0.25) is 0 Å². The van der Waals surface area contributed by atoms with Gasteiger partial charge in [0.15, 0.2) is 0 Å². The zero-order valence-corrected chi connectivity index (χ0v) is 11.2. The third-order valence-corrected chi connectivity index (χ3v) is 3.20. The maximum absolute atomic E-state index is 14.0. The molecule has 0 fully saturated rings. The molecule has 1 amide bonds. The zero-order valence-electron chi connectivity index (χ0n) is 11.2. The fraction of sp³-hybridized carbons (Fsp3) is 0.286. The van der Waals surface area contributed by atoms with Crippen molar-refractivity contribution in [2.24, 2.45) is 11.5 Å². The summed E-state index contributed by atoms with van der Waals surface area (Å²) in [6.45, 7) is 1.95. The first-order valence-corrected chi connectivity index (χ1v) is 6.40. The van der Waals surface area contributed by atoms with Gasteiger partial charge in [-0.3, -0.25) is 4.79 Å². The van der Waals surface area contributed by atoms with Crippen LogP contribution < -0.4 is 11.5 Å². The summed E-state index contributed by atoms with van der Waals surface area (Å²) >= 11 is 0. The number of primary amides is 1. The van der Waals surface area contributed by atoms with Crippen molar-refractivity contribution in [3.63, 3.8) is 0 Å². The van der Waals surface area contributed by atoms with Crippen LogP contribution >= 0.6 is 0 Å². The number of hydrogen-bond donors (Lipinski definition) is 2. The summed E-state index contributed by atoms with van der Waals surface area (Å²) in [6.07, 6.45) is 4.00. The highest BCUT2D eigenvalue weighted by molar-refractivity contribution is 5.92. The van der Waals surface area contributed by atoms with Crippen LogP contribution in [0, 0.1) is 5.82 Å². The fourth-order valence-corrected chi connectivity index (χ4v) is 1.95. The molecule has 5 nitrogen and oxygen atoms in total. The van der Waals surface area contributed by atoms with Gasteiger partial charge in [0, 0.05) is 17.8 Å². The van der Waals surface area contributed by atoms with Crippen molar-refractivity contribution in [1.29, 1.82) is 0 Å². The predicted molar refractivity (Wildman–Crippen MR) is 74.0 cm³/mol. The van der Waals surface area contributed by atoms with Gasteiger partial charge in [-0.25, -0.2) is 9.07 Å². The van der Waals surface area contributed by atoms with Gasteiger partial charge in [-0.2, -0.15) is 5.10 Å². The van der Waals surface area contributed by atoms with E-state index in [1.54, 1.807) is 12.1 Å². The van der Waals surface area contributed by atoms with E-state index >= 15 is 0 Å². The van der Waals surface area contributed by atoms with Crippen LogP contribution in [0.2, 0.25) is 0 Å². The molecule has 6 heteroatoms. The number of rotatable bonds is 5. The molecule has 0 saturated heterocycles. The molecule has 0 radical (unpaired) electrons. The Balaban J connectivity index is 2.44. The summed E-state index contributed by atoms with van der Waals surface area (Å²) in [7, 11) is 0. The highest BCUT2D eigenvalue weighted by atomic mass is 19.1. The second-order valence-corrected chi connectivity index (χ2v) is 4.65. The second-order valence-electron chi connectivity index (χ2n) is 4.65. The predicted octanol–water partition coefficient (Wildman–Crippen LogP) is 1.39. The summed E-state index contributed by atoms with van der Waals surface area (Å²) < 4.78 is 15.5. The fourth-order valence-electron chi connectivity index (χ4n) is 1.95. The molecule has 0 aliphatic heterocycles. The lowest BCUT2D eigenvalue weighted by molar-refractivity contribution is 0.100. The summed E-state index contributed by atoms with van der Waals surface area (Å²) in [5.74, 6) is -0.901. The molecule has 106 valence electrons. The minimum atomic E-state index is -0.570. The topological polar surface area (TPSA) is 86.9 Å². The van der Waals surface area contributed by atoms with E-state index in [-0.39, 0.29) is 17.4 Å². The van der Waals surface area contributed by atoms with E-state index in [0.29, 0.717) is 17.7 Å². The molecule has 0 bridgehead atoms. The Kier molecular flexibility index (Phi) is 4.14. The number of nitrogens with two attached hydrogens (primary N) is 2. The van der Waals surface area contributed by atoms with Crippen LogP contribution in [0.1, 0.15) is 29.3 Å². The van der Waals surface area contributed by atoms with Gasteiger partial charge in [-0.15, -0.1) is 0 Å². The monoisotopic (exact) mass is 276 g/mol. The first-order valence-electron chi connectivity index (χ1n) is 6.40. The summed E-state index contributed by atoms with van der Waals surface area (Å²) in [4.78, 5) is 11.1. The molecule has 2 aromatic rings. The minimum Gasteiger partial charge on any atom is -0.366 e. The van der Waals surface area contributed by atoms with E-state index in [0.717, 1.165) is 6.42 Å². The highest BCUT2D eigenvalue weighted by Crippen LogP contribution is 2.20. The quantitative estimate of drug-likeness (QED) is 0.865. The van der Waals surface area contributed by atoms with E-state index in [1.165, 1.54) is 23.1 Å². The van der Waals surface area contributed by atoms with Gasteiger partial charge in [-0.05, 0) is 25.0 Å². The lowest BCUT2D eigenvalue weighted by Crippen LogP contribution is -2.23. The smallest absolute Gasteiger partial charge is 0.251 e. The van der Waals surface area contributed by atoms with Crippen molar-refractivity contribution in [2.45, 2.75) is 25.8 Å². The molecule has 20 heavy (non-hydrogen) atoms. The molecule has 1 unspecified atom stereocenters. The Morgan fingerprint density at radius 3 is 2.85 bits per heavy atom. The number of amides is 1. The van der Waals surface area contributed by atoms with E-state index in [2.05, 4.69) is 5.10 Å². The van der Waals surface area contributed by atoms with Gasteiger partial charge in [-0.1, -0.05) is 13.0 Å². The van der Waals surface area contributed by atoms with E-state index in [1.807, 2.05) is 6.92 Å². The molecule has 1 aromatic heterocycles. The number of nitrogens with zero attached hydrogens (tertiary/aromatic N) is 2. The molecule has 4 N–H and O–H groups in total. The molecular weight excluding hydrogens is 259 g/mol. The molecule has 1 heterocycles. The molecule has 0 aliphatic rings. The van der Waals surface area contributed by atoms with Crippen LogP contribution in [0.4, 0.5) is 4.39 Å². The average Bonchev–Trinajstić information content (AvgIpc) is 2.90. The number of aromatic nitrogens is 2. The Morgan fingerprint density at radius 1 is 1.50 bits per heavy atom. The maximum Gasteiger partial charge on any atom is 0.251 e. The molecule has 0 spiro atoms. The van der Waals surface area contributed by atoms with Gasteiger partial charge in [0.25, 0.3) is 5.91 Å².